The number of halogens is 1. The van der Waals surface area contributed by atoms with Crippen molar-refractivity contribution >= 4 is 36.0 Å². The molecule has 0 spiro atoms. The Morgan fingerprint density at radius 3 is 2.62 bits per heavy atom. The topological polar surface area (TPSA) is 89.4 Å². The standard InChI is InChI=1S/C23H37N5O3.HI/c1-3-24-22(26-20-10-13-28(14-11-20)23(30)31-4-2)25-15-21(29)17-27-12-9-18-7-5-6-8-19(18)16-27;/h5-8,20-21,29H,3-4,9-17H2,1-2H3,(H2,24,25,26);1H. The number of nitrogens with one attached hydrogen (secondary N) is 2. The Hall–Kier alpha value is -1.59. The van der Waals surface area contributed by atoms with E-state index in [1.165, 1.54) is 11.1 Å². The van der Waals surface area contributed by atoms with Crippen LogP contribution in [0.15, 0.2) is 29.3 Å². The summed E-state index contributed by atoms with van der Waals surface area (Å²) < 4.78 is 5.08. The molecule has 0 aliphatic carbocycles. The third-order valence-electron chi connectivity index (χ3n) is 5.84. The van der Waals surface area contributed by atoms with Gasteiger partial charge in [0.25, 0.3) is 0 Å². The summed E-state index contributed by atoms with van der Waals surface area (Å²) in [5, 5.41) is 17.3. The van der Waals surface area contributed by atoms with Crippen molar-refractivity contribution in [3.05, 3.63) is 35.4 Å². The minimum atomic E-state index is -0.508. The number of β-amino-alcohol motifs (C(OH)–C–C–N with tert-alkyl or cyclic N) is 1. The van der Waals surface area contributed by atoms with Gasteiger partial charge in [-0.05, 0) is 44.2 Å². The van der Waals surface area contributed by atoms with Crippen molar-refractivity contribution in [3.8, 4) is 0 Å². The van der Waals surface area contributed by atoms with Gasteiger partial charge < -0.3 is 25.4 Å². The lowest BCUT2D eigenvalue weighted by Gasteiger charge is -2.32. The summed E-state index contributed by atoms with van der Waals surface area (Å²) in [6.45, 7) is 9.19. The van der Waals surface area contributed by atoms with Gasteiger partial charge in [0, 0.05) is 45.3 Å². The fourth-order valence-corrected chi connectivity index (χ4v) is 4.20. The Kier molecular flexibility index (Phi) is 11.5. The van der Waals surface area contributed by atoms with Crippen LogP contribution in [0.1, 0.15) is 37.8 Å². The van der Waals surface area contributed by atoms with Gasteiger partial charge in [0.1, 0.15) is 0 Å². The lowest BCUT2D eigenvalue weighted by atomic mass is 10.00. The molecule has 1 fully saturated rings. The summed E-state index contributed by atoms with van der Waals surface area (Å²) in [5.41, 5.74) is 2.77. The number of nitrogens with zero attached hydrogens (tertiary/aromatic N) is 3. The first-order chi connectivity index (χ1) is 15.1. The van der Waals surface area contributed by atoms with Crippen molar-refractivity contribution in [2.24, 2.45) is 4.99 Å². The van der Waals surface area contributed by atoms with Gasteiger partial charge in [0.05, 0.1) is 19.3 Å². The first kappa shape index (κ1) is 26.7. The van der Waals surface area contributed by atoms with Crippen molar-refractivity contribution in [1.82, 2.24) is 20.4 Å². The maximum atomic E-state index is 11.9. The van der Waals surface area contributed by atoms with E-state index in [2.05, 4.69) is 44.8 Å². The van der Waals surface area contributed by atoms with Crippen LogP contribution < -0.4 is 10.6 Å². The van der Waals surface area contributed by atoms with E-state index in [-0.39, 0.29) is 36.1 Å². The zero-order valence-corrected chi connectivity index (χ0v) is 21.6. The van der Waals surface area contributed by atoms with Crippen LogP contribution >= 0.6 is 24.0 Å². The second kappa shape index (κ2) is 13.8. The zero-order chi connectivity index (χ0) is 22.1. The van der Waals surface area contributed by atoms with Crippen molar-refractivity contribution in [2.45, 2.75) is 51.8 Å². The van der Waals surface area contributed by atoms with Gasteiger partial charge in [0.15, 0.2) is 5.96 Å². The van der Waals surface area contributed by atoms with Gasteiger partial charge >= 0.3 is 6.09 Å². The molecular formula is C23H38IN5O3. The molecule has 3 N–H and O–H groups in total. The molecule has 2 aliphatic rings. The van der Waals surface area contributed by atoms with Crippen LogP contribution in [0.4, 0.5) is 4.79 Å². The van der Waals surface area contributed by atoms with Gasteiger partial charge in [-0.15, -0.1) is 24.0 Å². The molecule has 1 saturated heterocycles. The summed E-state index contributed by atoms with van der Waals surface area (Å²) in [5.74, 6) is 0.722. The number of rotatable bonds is 7. The average molecular weight is 559 g/mol. The van der Waals surface area contributed by atoms with E-state index < -0.39 is 6.10 Å². The number of likely N-dealkylation sites (tertiary alicyclic amines) is 1. The number of benzene rings is 1. The fraction of sp³-hybridized carbons (Fsp3) is 0.652. The summed E-state index contributed by atoms with van der Waals surface area (Å²) in [7, 11) is 0. The maximum Gasteiger partial charge on any atom is 0.409 e. The van der Waals surface area contributed by atoms with Crippen LogP contribution in [0.25, 0.3) is 0 Å². The lowest BCUT2D eigenvalue weighted by Crippen LogP contribution is -2.50. The van der Waals surface area contributed by atoms with Gasteiger partial charge in [-0.25, -0.2) is 4.79 Å². The number of fused-ring (bicyclic) bond motifs is 1. The highest BCUT2D eigenvalue weighted by Crippen LogP contribution is 2.18. The lowest BCUT2D eigenvalue weighted by molar-refractivity contribution is 0.0962. The Morgan fingerprint density at radius 1 is 1.22 bits per heavy atom. The van der Waals surface area contributed by atoms with E-state index in [1.54, 1.807) is 4.90 Å². The van der Waals surface area contributed by atoms with Crippen LogP contribution in [-0.4, -0.2) is 85.0 Å². The van der Waals surface area contributed by atoms with E-state index in [4.69, 9.17) is 4.74 Å². The Labute approximate surface area is 208 Å². The summed E-state index contributed by atoms with van der Waals surface area (Å²) in [6.07, 6.45) is 1.98. The molecule has 0 radical (unpaired) electrons. The van der Waals surface area contributed by atoms with E-state index >= 15 is 0 Å². The first-order valence-electron chi connectivity index (χ1n) is 11.5. The monoisotopic (exact) mass is 559 g/mol. The second-order valence-corrected chi connectivity index (χ2v) is 8.23. The van der Waals surface area contributed by atoms with Crippen LogP contribution in [0.3, 0.4) is 0 Å². The van der Waals surface area contributed by atoms with E-state index in [9.17, 15) is 9.90 Å². The smallest absolute Gasteiger partial charge is 0.409 e. The molecule has 2 aliphatic heterocycles. The fourth-order valence-electron chi connectivity index (χ4n) is 4.20. The summed E-state index contributed by atoms with van der Waals surface area (Å²) in [6, 6.07) is 8.79. The molecule has 0 aromatic heterocycles. The molecule has 2 heterocycles. The van der Waals surface area contributed by atoms with Crippen LogP contribution in [0.5, 0.6) is 0 Å². The number of hydrogen-bond donors (Lipinski definition) is 3. The largest absolute Gasteiger partial charge is 0.450 e. The molecule has 1 amide bonds. The predicted molar refractivity (Wildman–Crippen MR) is 138 cm³/mol. The number of guanidine groups is 1. The number of aliphatic hydroxyl groups excluding tert-OH is 1. The number of hydrogen-bond acceptors (Lipinski definition) is 5. The van der Waals surface area contributed by atoms with Gasteiger partial charge in [-0.2, -0.15) is 0 Å². The minimum absolute atomic E-state index is 0. The number of aliphatic imine (C=N–C) groups is 1. The second-order valence-electron chi connectivity index (χ2n) is 8.23. The third kappa shape index (κ3) is 8.08. The molecule has 9 heteroatoms. The number of ether oxygens (including phenoxy) is 1. The molecule has 180 valence electrons. The average Bonchev–Trinajstić information content (AvgIpc) is 2.78. The molecule has 1 aromatic rings. The molecule has 1 atom stereocenters. The maximum absolute atomic E-state index is 11.9. The molecule has 32 heavy (non-hydrogen) atoms. The van der Waals surface area contributed by atoms with Crippen LogP contribution in [0.2, 0.25) is 0 Å². The molecule has 0 bridgehead atoms. The predicted octanol–water partition coefficient (Wildman–Crippen LogP) is 2.20. The van der Waals surface area contributed by atoms with Crippen LogP contribution in [0, 0.1) is 0 Å². The Balaban J connectivity index is 0.00000363. The molecule has 0 saturated carbocycles. The minimum Gasteiger partial charge on any atom is -0.450 e. The quantitative estimate of drug-likeness (QED) is 0.270. The molecule has 8 nitrogen and oxygen atoms in total. The first-order valence-corrected chi connectivity index (χ1v) is 11.5. The Morgan fingerprint density at radius 2 is 1.94 bits per heavy atom. The zero-order valence-electron chi connectivity index (χ0n) is 19.3. The molecule has 3 rings (SSSR count). The van der Waals surface area contributed by atoms with Crippen molar-refractivity contribution in [3.63, 3.8) is 0 Å². The van der Waals surface area contributed by atoms with Gasteiger partial charge in [-0.1, -0.05) is 24.3 Å². The van der Waals surface area contributed by atoms with E-state index in [1.807, 2.05) is 13.8 Å². The number of carbonyl (C=O) groups excluding carboxylic acids is 1. The number of piperidine rings is 1. The normalized spacial score (nSPS) is 18.3. The summed E-state index contributed by atoms with van der Waals surface area (Å²) in [4.78, 5) is 20.5. The highest BCUT2D eigenvalue weighted by Gasteiger charge is 2.24. The summed E-state index contributed by atoms with van der Waals surface area (Å²) >= 11 is 0. The van der Waals surface area contributed by atoms with Gasteiger partial charge in [-0.3, -0.25) is 9.89 Å². The van der Waals surface area contributed by atoms with Crippen molar-refractivity contribution in [1.29, 1.82) is 0 Å². The van der Waals surface area contributed by atoms with Crippen molar-refractivity contribution in [2.75, 3.05) is 45.9 Å². The number of amides is 1. The number of aliphatic hydroxyl groups is 1. The highest BCUT2D eigenvalue weighted by atomic mass is 127. The van der Waals surface area contributed by atoms with E-state index in [0.29, 0.717) is 32.8 Å². The van der Waals surface area contributed by atoms with Crippen molar-refractivity contribution < 1.29 is 14.6 Å². The van der Waals surface area contributed by atoms with Gasteiger partial charge in [0.2, 0.25) is 0 Å². The third-order valence-corrected chi connectivity index (χ3v) is 5.84. The number of carbonyl (C=O) groups is 1. The Bertz CT molecular complexity index is 740. The SMILES string of the molecule is CCNC(=NCC(O)CN1CCc2ccccc2C1)NC1CCN(C(=O)OCC)CC1.I. The highest BCUT2D eigenvalue weighted by molar-refractivity contribution is 14.0. The molecule has 1 unspecified atom stereocenters. The van der Waals surface area contributed by atoms with Crippen LogP contribution in [-0.2, 0) is 17.7 Å². The molecule has 1 aromatic carbocycles. The van der Waals surface area contributed by atoms with E-state index in [0.717, 1.165) is 44.9 Å². The molecular weight excluding hydrogens is 521 g/mol.